The Bertz CT molecular complexity index is 635. The maximum atomic E-state index is 12.2. The predicted octanol–water partition coefficient (Wildman–Crippen LogP) is 2.80. The molecule has 6 nitrogen and oxygen atoms in total. The van der Waals surface area contributed by atoms with Crippen LogP contribution >= 0.6 is 0 Å². The van der Waals surface area contributed by atoms with Crippen molar-refractivity contribution in [3.05, 3.63) is 29.8 Å². The van der Waals surface area contributed by atoms with Crippen LogP contribution in [0.3, 0.4) is 0 Å². The molecule has 0 radical (unpaired) electrons. The smallest absolute Gasteiger partial charge is 0.313 e. The summed E-state index contributed by atoms with van der Waals surface area (Å²) in [5.41, 5.74) is 0.705. The third-order valence-electron chi connectivity index (χ3n) is 4.79. The van der Waals surface area contributed by atoms with Crippen molar-refractivity contribution in [1.29, 1.82) is 0 Å². The molecule has 6 heteroatoms. The highest BCUT2D eigenvalue weighted by molar-refractivity contribution is 6.40. The van der Waals surface area contributed by atoms with E-state index in [0.29, 0.717) is 23.7 Å². The Morgan fingerprint density at radius 1 is 0.962 bits per heavy atom. The average Bonchev–Trinajstić information content (AvgIpc) is 2.60. The summed E-state index contributed by atoms with van der Waals surface area (Å²) in [7, 11) is 3.28. The maximum absolute atomic E-state index is 12.2. The van der Waals surface area contributed by atoms with E-state index in [-0.39, 0.29) is 5.91 Å². The van der Waals surface area contributed by atoms with Crippen molar-refractivity contribution in [2.75, 3.05) is 26.0 Å². The molecule has 1 saturated carbocycles. The number of carbonyl (C=O) groups excluding carboxylic acids is 3. The van der Waals surface area contributed by atoms with Crippen LogP contribution in [0.25, 0.3) is 0 Å². The van der Waals surface area contributed by atoms with E-state index in [1.807, 2.05) is 0 Å². The summed E-state index contributed by atoms with van der Waals surface area (Å²) in [6.45, 7) is 0.532. The lowest BCUT2D eigenvalue weighted by Crippen LogP contribution is -2.38. The van der Waals surface area contributed by atoms with Crippen LogP contribution in [0.15, 0.2) is 24.3 Å². The monoisotopic (exact) mass is 359 g/mol. The van der Waals surface area contributed by atoms with Crippen molar-refractivity contribution in [2.24, 2.45) is 5.92 Å². The molecule has 0 aromatic heterocycles. The molecule has 1 fully saturated rings. The number of rotatable bonds is 4. The maximum Gasteiger partial charge on any atom is 0.313 e. The zero-order chi connectivity index (χ0) is 18.9. The quantitative estimate of drug-likeness (QED) is 0.812. The van der Waals surface area contributed by atoms with Crippen LogP contribution < -0.4 is 10.6 Å². The van der Waals surface area contributed by atoms with Gasteiger partial charge in [-0.05, 0) is 30.9 Å². The van der Waals surface area contributed by atoms with Gasteiger partial charge in [0.05, 0.1) is 11.3 Å². The molecule has 3 amide bonds. The van der Waals surface area contributed by atoms with Gasteiger partial charge >= 0.3 is 11.8 Å². The molecule has 0 saturated heterocycles. The second kappa shape index (κ2) is 9.94. The van der Waals surface area contributed by atoms with Crippen molar-refractivity contribution in [2.45, 2.75) is 44.9 Å². The van der Waals surface area contributed by atoms with Gasteiger partial charge in [-0.15, -0.1) is 0 Å². The lowest BCUT2D eigenvalue weighted by molar-refractivity contribution is -0.136. The third-order valence-corrected chi connectivity index (χ3v) is 4.79. The Morgan fingerprint density at radius 2 is 1.58 bits per heavy atom. The first-order valence-electron chi connectivity index (χ1n) is 9.39. The lowest BCUT2D eigenvalue weighted by atomic mass is 9.91. The van der Waals surface area contributed by atoms with Gasteiger partial charge in [0.1, 0.15) is 0 Å². The van der Waals surface area contributed by atoms with Crippen LogP contribution in [0.5, 0.6) is 0 Å². The molecule has 0 bridgehead atoms. The molecule has 1 aromatic rings. The number of nitrogens with one attached hydrogen (secondary N) is 2. The van der Waals surface area contributed by atoms with Crippen LogP contribution in [-0.2, 0) is 9.59 Å². The molecule has 2 N–H and O–H groups in total. The Balaban J connectivity index is 1.91. The van der Waals surface area contributed by atoms with Gasteiger partial charge in [-0.1, -0.05) is 44.2 Å². The minimum Gasteiger partial charge on any atom is -0.348 e. The molecule has 0 unspecified atom stereocenters. The number of benzene rings is 1. The van der Waals surface area contributed by atoms with E-state index in [0.717, 1.165) is 12.8 Å². The normalized spacial score (nSPS) is 15.5. The molecule has 1 aromatic carbocycles. The lowest BCUT2D eigenvalue weighted by Gasteiger charge is -2.20. The summed E-state index contributed by atoms with van der Waals surface area (Å²) in [5, 5.41) is 5.30. The van der Waals surface area contributed by atoms with Crippen LogP contribution in [0.1, 0.15) is 55.3 Å². The molecule has 0 atom stereocenters. The van der Waals surface area contributed by atoms with E-state index >= 15 is 0 Å². The molecule has 1 aliphatic rings. The highest BCUT2D eigenvalue weighted by Crippen LogP contribution is 2.21. The second-order valence-corrected chi connectivity index (χ2v) is 7.12. The summed E-state index contributed by atoms with van der Waals surface area (Å²) < 4.78 is 0. The van der Waals surface area contributed by atoms with Crippen molar-refractivity contribution in [1.82, 2.24) is 10.2 Å². The zero-order valence-corrected chi connectivity index (χ0v) is 15.7. The molecular weight excluding hydrogens is 330 g/mol. The SMILES string of the molecule is CN(C)C(=O)c1ccccc1NC(=O)C(=O)NCC1CCCCCCC1. The first-order chi connectivity index (χ1) is 12.5. The van der Waals surface area contributed by atoms with Crippen LogP contribution in [0.2, 0.25) is 0 Å². The highest BCUT2D eigenvalue weighted by atomic mass is 16.2. The van der Waals surface area contributed by atoms with Gasteiger partial charge < -0.3 is 15.5 Å². The zero-order valence-electron chi connectivity index (χ0n) is 15.7. The van der Waals surface area contributed by atoms with Gasteiger partial charge in [0, 0.05) is 20.6 Å². The number of carbonyl (C=O) groups is 3. The molecule has 142 valence electrons. The first kappa shape index (κ1) is 19.9. The number of amides is 3. The molecule has 0 spiro atoms. The summed E-state index contributed by atoms with van der Waals surface area (Å²) >= 11 is 0. The van der Waals surface area contributed by atoms with Crippen LogP contribution in [0.4, 0.5) is 5.69 Å². The van der Waals surface area contributed by atoms with Crippen molar-refractivity contribution >= 4 is 23.4 Å². The Kier molecular flexibility index (Phi) is 7.63. The molecule has 0 aliphatic heterocycles. The van der Waals surface area contributed by atoms with Crippen molar-refractivity contribution < 1.29 is 14.4 Å². The van der Waals surface area contributed by atoms with Crippen molar-refractivity contribution in [3.63, 3.8) is 0 Å². The molecule has 0 heterocycles. The fraction of sp³-hybridized carbons (Fsp3) is 0.550. The molecular formula is C20H29N3O3. The number of anilines is 1. The molecule has 2 rings (SSSR count). The highest BCUT2D eigenvalue weighted by Gasteiger charge is 2.20. The van der Waals surface area contributed by atoms with Gasteiger partial charge in [0.15, 0.2) is 0 Å². The van der Waals surface area contributed by atoms with E-state index in [1.165, 1.54) is 37.0 Å². The minimum atomic E-state index is -0.741. The summed E-state index contributed by atoms with van der Waals surface area (Å²) in [5.74, 6) is -1.18. The summed E-state index contributed by atoms with van der Waals surface area (Å²) in [6.07, 6.45) is 8.37. The molecule has 1 aliphatic carbocycles. The minimum absolute atomic E-state index is 0.226. The fourth-order valence-corrected chi connectivity index (χ4v) is 3.26. The van der Waals surface area contributed by atoms with Crippen molar-refractivity contribution in [3.8, 4) is 0 Å². The predicted molar refractivity (Wildman–Crippen MR) is 102 cm³/mol. The summed E-state index contributed by atoms with van der Waals surface area (Å²) in [6, 6.07) is 6.69. The van der Waals surface area contributed by atoms with E-state index < -0.39 is 11.8 Å². The van der Waals surface area contributed by atoms with Gasteiger partial charge in [0.25, 0.3) is 5.91 Å². The number of hydrogen-bond donors (Lipinski definition) is 2. The topological polar surface area (TPSA) is 78.5 Å². The van der Waals surface area contributed by atoms with Gasteiger partial charge in [-0.2, -0.15) is 0 Å². The van der Waals surface area contributed by atoms with Crippen LogP contribution in [0, 0.1) is 5.92 Å². The Morgan fingerprint density at radius 3 is 2.23 bits per heavy atom. The van der Waals surface area contributed by atoms with Gasteiger partial charge in [0.2, 0.25) is 0 Å². The largest absolute Gasteiger partial charge is 0.348 e. The Labute approximate surface area is 155 Å². The standard InChI is InChI=1S/C20H29N3O3/c1-23(2)20(26)16-12-8-9-13-17(16)22-19(25)18(24)21-14-15-10-6-4-3-5-7-11-15/h8-9,12-13,15H,3-7,10-11,14H2,1-2H3,(H,21,24)(H,22,25). The second-order valence-electron chi connectivity index (χ2n) is 7.12. The number of hydrogen-bond acceptors (Lipinski definition) is 3. The number of para-hydroxylation sites is 1. The molecule has 26 heavy (non-hydrogen) atoms. The number of nitrogens with zero attached hydrogens (tertiary/aromatic N) is 1. The van der Waals surface area contributed by atoms with E-state index in [2.05, 4.69) is 10.6 Å². The van der Waals surface area contributed by atoms with Gasteiger partial charge in [-0.25, -0.2) is 0 Å². The third kappa shape index (κ3) is 5.86. The van der Waals surface area contributed by atoms with E-state index in [9.17, 15) is 14.4 Å². The van der Waals surface area contributed by atoms with E-state index in [1.54, 1.807) is 38.4 Å². The first-order valence-corrected chi connectivity index (χ1v) is 9.39. The Hall–Kier alpha value is -2.37. The summed E-state index contributed by atoms with van der Waals surface area (Å²) in [4.78, 5) is 38.0. The van der Waals surface area contributed by atoms with Crippen LogP contribution in [-0.4, -0.2) is 43.3 Å². The van der Waals surface area contributed by atoms with E-state index in [4.69, 9.17) is 0 Å². The average molecular weight is 359 g/mol. The van der Waals surface area contributed by atoms with Gasteiger partial charge in [-0.3, -0.25) is 14.4 Å². The fourth-order valence-electron chi connectivity index (χ4n) is 3.26.